The van der Waals surface area contributed by atoms with Crippen LogP contribution in [0.3, 0.4) is 0 Å². The van der Waals surface area contributed by atoms with E-state index in [1.807, 2.05) is 34.9 Å². The van der Waals surface area contributed by atoms with Gasteiger partial charge in [0.2, 0.25) is 0 Å². The van der Waals surface area contributed by atoms with E-state index in [1.54, 1.807) is 0 Å². The minimum Gasteiger partial charge on any atom is -0.326 e. The number of para-hydroxylation sites is 1. The molecule has 1 heterocycles. The molecule has 2 aromatic rings. The minimum atomic E-state index is 0.0804. The second-order valence-electron chi connectivity index (χ2n) is 5.12. The van der Waals surface area contributed by atoms with Crippen LogP contribution in [0.1, 0.15) is 24.8 Å². The van der Waals surface area contributed by atoms with Crippen LogP contribution in [-0.4, -0.2) is 4.57 Å². The Labute approximate surface area is 106 Å². The van der Waals surface area contributed by atoms with Crippen molar-refractivity contribution in [3.63, 3.8) is 0 Å². The maximum absolute atomic E-state index is 12.3. The zero-order valence-electron chi connectivity index (χ0n) is 10.4. The van der Waals surface area contributed by atoms with Crippen LogP contribution >= 0.6 is 0 Å². The van der Waals surface area contributed by atoms with Crippen molar-refractivity contribution in [2.24, 2.45) is 11.7 Å². The topological polar surface area (TPSA) is 48.0 Å². The van der Waals surface area contributed by atoms with Gasteiger partial charge in [0.1, 0.15) is 0 Å². The fraction of sp³-hybridized carbons (Fsp3) is 0.400. The third kappa shape index (κ3) is 2.06. The van der Waals surface area contributed by atoms with Crippen molar-refractivity contribution < 1.29 is 0 Å². The van der Waals surface area contributed by atoms with E-state index in [4.69, 9.17) is 5.73 Å². The van der Waals surface area contributed by atoms with E-state index < -0.39 is 0 Å². The number of benzene rings is 1. The number of aryl methyl sites for hydroxylation is 1. The van der Waals surface area contributed by atoms with Gasteiger partial charge in [-0.15, -0.1) is 0 Å². The predicted molar refractivity (Wildman–Crippen MR) is 73.4 cm³/mol. The number of fused-ring (bicyclic) bond motifs is 1. The molecule has 1 aliphatic carbocycles. The van der Waals surface area contributed by atoms with Gasteiger partial charge in [0, 0.05) is 18.7 Å². The lowest BCUT2D eigenvalue weighted by Gasteiger charge is -2.12. The van der Waals surface area contributed by atoms with Crippen molar-refractivity contribution >= 4 is 10.9 Å². The molecule has 3 rings (SSSR count). The molecule has 94 valence electrons. The van der Waals surface area contributed by atoms with Gasteiger partial charge in [-0.3, -0.25) is 4.79 Å². The number of rotatable bonds is 4. The second-order valence-corrected chi connectivity index (χ2v) is 5.12. The molecule has 0 spiro atoms. The Bertz CT molecular complexity index is 626. The molecule has 18 heavy (non-hydrogen) atoms. The van der Waals surface area contributed by atoms with Gasteiger partial charge in [-0.2, -0.15) is 0 Å². The molecule has 0 amide bonds. The largest absolute Gasteiger partial charge is 0.326 e. The highest BCUT2D eigenvalue weighted by Crippen LogP contribution is 2.32. The fourth-order valence-electron chi connectivity index (χ4n) is 2.47. The molecule has 1 aromatic carbocycles. The summed E-state index contributed by atoms with van der Waals surface area (Å²) in [5.41, 5.74) is 7.49. The highest BCUT2D eigenvalue weighted by molar-refractivity contribution is 5.79. The Morgan fingerprint density at radius 2 is 2.06 bits per heavy atom. The van der Waals surface area contributed by atoms with E-state index in [0.717, 1.165) is 29.8 Å². The molecule has 0 atom stereocenters. The SMILES string of the molecule is NCc1cc2ccccc2n(CCC2CC2)c1=O. The van der Waals surface area contributed by atoms with Crippen LogP contribution in [0.15, 0.2) is 35.1 Å². The summed E-state index contributed by atoms with van der Waals surface area (Å²) in [6, 6.07) is 9.96. The first-order chi connectivity index (χ1) is 8.79. The molecule has 1 saturated carbocycles. The van der Waals surface area contributed by atoms with Crippen LogP contribution in [0.4, 0.5) is 0 Å². The lowest BCUT2D eigenvalue weighted by molar-refractivity contribution is 0.593. The van der Waals surface area contributed by atoms with Crippen molar-refractivity contribution in [2.45, 2.75) is 32.4 Å². The fourth-order valence-corrected chi connectivity index (χ4v) is 2.47. The van der Waals surface area contributed by atoms with Gasteiger partial charge in [0.15, 0.2) is 0 Å². The zero-order valence-corrected chi connectivity index (χ0v) is 10.4. The number of aromatic nitrogens is 1. The Morgan fingerprint density at radius 3 is 2.78 bits per heavy atom. The van der Waals surface area contributed by atoms with Crippen LogP contribution < -0.4 is 11.3 Å². The highest BCUT2D eigenvalue weighted by atomic mass is 16.1. The van der Waals surface area contributed by atoms with Gasteiger partial charge < -0.3 is 10.3 Å². The van der Waals surface area contributed by atoms with Gasteiger partial charge in [0.05, 0.1) is 5.52 Å². The highest BCUT2D eigenvalue weighted by Gasteiger charge is 2.21. The summed E-state index contributed by atoms with van der Waals surface area (Å²) in [7, 11) is 0. The average Bonchev–Trinajstić information content (AvgIpc) is 3.21. The van der Waals surface area contributed by atoms with Crippen molar-refractivity contribution in [3.05, 3.63) is 46.2 Å². The summed E-state index contributed by atoms with van der Waals surface area (Å²) in [5.74, 6) is 0.831. The average molecular weight is 242 g/mol. The number of hydrogen-bond acceptors (Lipinski definition) is 2. The van der Waals surface area contributed by atoms with E-state index in [0.29, 0.717) is 12.1 Å². The van der Waals surface area contributed by atoms with Crippen LogP contribution in [0, 0.1) is 5.92 Å². The first-order valence-corrected chi connectivity index (χ1v) is 6.61. The molecule has 3 heteroatoms. The third-order valence-electron chi connectivity index (χ3n) is 3.75. The number of nitrogens with two attached hydrogens (primary N) is 1. The molecule has 0 bridgehead atoms. The molecular formula is C15H18N2O. The first kappa shape index (κ1) is 11.5. The Kier molecular flexibility index (Phi) is 2.92. The lowest BCUT2D eigenvalue weighted by Crippen LogP contribution is -2.26. The zero-order chi connectivity index (χ0) is 12.5. The van der Waals surface area contributed by atoms with Crippen LogP contribution in [-0.2, 0) is 13.1 Å². The monoisotopic (exact) mass is 242 g/mol. The van der Waals surface area contributed by atoms with Crippen molar-refractivity contribution in [1.82, 2.24) is 4.57 Å². The molecule has 2 N–H and O–H groups in total. The molecule has 3 nitrogen and oxygen atoms in total. The van der Waals surface area contributed by atoms with Gasteiger partial charge in [0.25, 0.3) is 5.56 Å². The summed E-state index contributed by atoms with van der Waals surface area (Å²) in [6.45, 7) is 1.13. The van der Waals surface area contributed by atoms with E-state index in [9.17, 15) is 4.79 Å². The van der Waals surface area contributed by atoms with E-state index in [2.05, 4.69) is 0 Å². The lowest BCUT2D eigenvalue weighted by atomic mass is 10.1. The predicted octanol–water partition coefficient (Wildman–Crippen LogP) is 2.26. The van der Waals surface area contributed by atoms with E-state index in [1.165, 1.54) is 12.8 Å². The van der Waals surface area contributed by atoms with Gasteiger partial charge in [-0.1, -0.05) is 31.0 Å². The molecule has 0 radical (unpaired) electrons. The number of pyridine rings is 1. The van der Waals surface area contributed by atoms with Gasteiger partial charge in [-0.05, 0) is 29.9 Å². The summed E-state index contributed by atoms with van der Waals surface area (Å²) in [6.07, 6.45) is 3.75. The Morgan fingerprint density at radius 1 is 1.28 bits per heavy atom. The third-order valence-corrected chi connectivity index (χ3v) is 3.75. The molecule has 0 saturated heterocycles. The molecule has 1 aromatic heterocycles. The van der Waals surface area contributed by atoms with Crippen LogP contribution in [0.25, 0.3) is 10.9 Å². The van der Waals surface area contributed by atoms with Crippen molar-refractivity contribution in [2.75, 3.05) is 0 Å². The van der Waals surface area contributed by atoms with Gasteiger partial charge >= 0.3 is 0 Å². The molecule has 1 fully saturated rings. The number of hydrogen-bond donors (Lipinski definition) is 1. The smallest absolute Gasteiger partial charge is 0.255 e. The number of nitrogens with zero attached hydrogens (tertiary/aromatic N) is 1. The van der Waals surface area contributed by atoms with E-state index in [-0.39, 0.29) is 5.56 Å². The standard InChI is InChI=1S/C15H18N2O/c16-10-13-9-12-3-1-2-4-14(12)17(15(13)18)8-7-11-5-6-11/h1-4,9,11H,5-8,10,16H2. The van der Waals surface area contributed by atoms with Crippen molar-refractivity contribution in [1.29, 1.82) is 0 Å². The Balaban J connectivity index is 2.11. The first-order valence-electron chi connectivity index (χ1n) is 6.61. The second kappa shape index (κ2) is 4.58. The van der Waals surface area contributed by atoms with E-state index >= 15 is 0 Å². The molecular weight excluding hydrogens is 224 g/mol. The quantitative estimate of drug-likeness (QED) is 0.894. The maximum atomic E-state index is 12.3. The Hall–Kier alpha value is -1.61. The summed E-state index contributed by atoms with van der Waals surface area (Å²) < 4.78 is 1.90. The van der Waals surface area contributed by atoms with Crippen LogP contribution in [0.2, 0.25) is 0 Å². The molecule has 0 unspecified atom stereocenters. The van der Waals surface area contributed by atoms with Crippen molar-refractivity contribution in [3.8, 4) is 0 Å². The molecule has 0 aliphatic heterocycles. The minimum absolute atomic E-state index is 0.0804. The summed E-state index contributed by atoms with van der Waals surface area (Å²) >= 11 is 0. The normalized spacial score (nSPS) is 15.2. The summed E-state index contributed by atoms with van der Waals surface area (Å²) in [5, 5.41) is 1.10. The van der Waals surface area contributed by atoms with Crippen LogP contribution in [0.5, 0.6) is 0 Å². The summed E-state index contributed by atoms with van der Waals surface area (Å²) in [4.78, 5) is 12.3. The van der Waals surface area contributed by atoms with Gasteiger partial charge in [-0.25, -0.2) is 0 Å². The molecule has 1 aliphatic rings. The maximum Gasteiger partial charge on any atom is 0.255 e.